The van der Waals surface area contributed by atoms with Crippen LogP contribution in [0.4, 0.5) is 10.2 Å². The molecule has 4 heteroatoms. The number of para-hydroxylation sites is 1. The maximum atomic E-state index is 12.6. The van der Waals surface area contributed by atoms with Crippen LogP contribution in [0.3, 0.4) is 0 Å². The second-order valence-corrected chi connectivity index (χ2v) is 3.45. The van der Waals surface area contributed by atoms with E-state index in [1.165, 1.54) is 12.3 Å². The molecule has 0 aliphatic rings. The third kappa shape index (κ3) is 3.75. The highest BCUT2D eigenvalue weighted by atomic mass is 19.1. The summed E-state index contributed by atoms with van der Waals surface area (Å²) in [5, 5.41) is 3.04. The van der Waals surface area contributed by atoms with Crippen LogP contribution in [-0.2, 0) is 0 Å². The van der Waals surface area contributed by atoms with Gasteiger partial charge in [0.1, 0.15) is 24.0 Å². The van der Waals surface area contributed by atoms with Crippen molar-refractivity contribution < 1.29 is 9.13 Å². The molecule has 0 spiro atoms. The van der Waals surface area contributed by atoms with Crippen molar-refractivity contribution in [2.45, 2.75) is 0 Å². The number of ether oxygens (including phenoxy) is 1. The third-order valence-corrected chi connectivity index (χ3v) is 2.15. The number of benzene rings is 1. The van der Waals surface area contributed by atoms with Crippen LogP contribution < -0.4 is 10.1 Å². The quantitative estimate of drug-likeness (QED) is 0.805. The monoisotopic (exact) mass is 232 g/mol. The van der Waals surface area contributed by atoms with Gasteiger partial charge < -0.3 is 10.1 Å². The molecule has 0 aliphatic heterocycles. The van der Waals surface area contributed by atoms with Crippen LogP contribution in [0, 0.1) is 5.82 Å². The largest absolute Gasteiger partial charge is 0.492 e. The van der Waals surface area contributed by atoms with Gasteiger partial charge in [0.25, 0.3) is 0 Å². The minimum atomic E-state index is -0.337. The number of pyridine rings is 1. The minimum Gasteiger partial charge on any atom is -0.492 e. The van der Waals surface area contributed by atoms with E-state index < -0.39 is 0 Å². The molecule has 17 heavy (non-hydrogen) atoms. The summed E-state index contributed by atoms with van der Waals surface area (Å²) in [4.78, 5) is 3.88. The molecule has 1 aromatic carbocycles. The predicted octanol–water partition coefficient (Wildman–Crippen LogP) is 2.71. The Bertz CT molecular complexity index is 445. The summed E-state index contributed by atoms with van der Waals surface area (Å²) in [5.41, 5.74) is 0. The lowest BCUT2D eigenvalue weighted by Gasteiger charge is -2.07. The maximum absolute atomic E-state index is 12.6. The molecule has 0 bridgehead atoms. The van der Waals surface area contributed by atoms with Gasteiger partial charge in [-0.05, 0) is 24.3 Å². The molecule has 1 aromatic heterocycles. The van der Waals surface area contributed by atoms with Crippen LogP contribution in [0.5, 0.6) is 5.75 Å². The van der Waals surface area contributed by atoms with Crippen LogP contribution in [0.15, 0.2) is 48.7 Å². The van der Waals surface area contributed by atoms with Crippen LogP contribution in [0.1, 0.15) is 0 Å². The maximum Gasteiger partial charge on any atom is 0.141 e. The molecule has 0 unspecified atom stereocenters. The summed E-state index contributed by atoms with van der Waals surface area (Å²) in [7, 11) is 0. The molecule has 1 N–H and O–H groups in total. The van der Waals surface area contributed by atoms with Gasteiger partial charge in [-0.1, -0.05) is 18.2 Å². The van der Waals surface area contributed by atoms with Crippen LogP contribution in [-0.4, -0.2) is 18.1 Å². The Labute approximate surface area is 99.3 Å². The van der Waals surface area contributed by atoms with Gasteiger partial charge in [0.15, 0.2) is 0 Å². The summed E-state index contributed by atoms with van der Waals surface area (Å²) >= 11 is 0. The SMILES string of the molecule is Fc1ccc(NCCOc2ccccc2)nc1. The summed E-state index contributed by atoms with van der Waals surface area (Å²) in [6.07, 6.45) is 1.18. The Balaban J connectivity index is 1.71. The van der Waals surface area contributed by atoms with Gasteiger partial charge >= 0.3 is 0 Å². The van der Waals surface area contributed by atoms with E-state index in [0.29, 0.717) is 19.0 Å². The fourth-order valence-electron chi connectivity index (χ4n) is 1.35. The lowest BCUT2D eigenvalue weighted by atomic mass is 10.3. The summed E-state index contributed by atoms with van der Waals surface area (Å²) in [6.45, 7) is 1.15. The fourth-order valence-corrected chi connectivity index (χ4v) is 1.35. The molecule has 1 heterocycles. The molecule has 3 nitrogen and oxygen atoms in total. The molecule has 2 rings (SSSR count). The smallest absolute Gasteiger partial charge is 0.141 e. The van der Waals surface area contributed by atoms with E-state index in [9.17, 15) is 4.39 Å². The summed E-state index contributed by atoms with van der Waals surface area (Å²) < 4.78 is 18.1. The van der Waals surface area contributed by atoms with E-state index in [2.05, 4.69) is 10.3 Å². The zero-order valence-corrected chi connectivity index (χ0v) is 9.27. The normalized spacial score (nSPS) is 9.94. The topological polar surface area (TPSA) is 34.1 Å². The molecule has 88 valence electrons. The Morgan fingerprint density at radius 2 is 1.94 bits per heavy atom. The second-order valence-electron chi connectivity index (χ2n) is 3.45. The molecular formula is C13H13FN2O. The number of halogens is 1. The predicted molar refractivity (Wildman–Crippen MR) is 64.6 cm³/mol. The van der Waals surface area contributed by atoms with Gasteiger partial charge in [-0.2, -0.15) is 0 Å². The van der Waals surface area contributed by atoms with Crippen molar-refractivity contribution in [3.63, 3.8) is 0 Å². The molecule has 2 aromatic rings. The Morgan fingerprint density at radius 1 is 1.12 bits per heavy atom. The van der Waals surface area contributed by atoms with Crippen LogP contribution >= 0.6 is 0 Å². The number of hydrogen-bond acceptors (Lipinski definition) is 3. The molecular weight excluding hydrogens is 219 g/mol. The highest BCUT2D eigenvalue weighted by molar-refractivity contribution is 5.33. The molecule has 0 saturated heterocycles. The van der Waals surface area contributed by atoms with E-state index in [1.54, 1.807) is 6.07 Å². The number of aromatic nitrogens is 1. The van der Waals surface area contributed by atoms with Crippen molar-refractivity contribution in [1.82, 2.24) is 4.98 Å². The summed E-state index contributed by atoms with van der Waals surface area (Å²) in [5.74, 6) is 1.14. The van der Waals surface area contributed by atoms with E-state index in [0.717, 1.165) is 5.75 Å². The first-order chi connectivity index (χ1) is 8.34. The van der Waals surface area contributed by atoms with Crippen LogP contribution in [0.2, 0.25) is 0 Å². The molecule has 0 amide bonds. The zero-order chi connectivity index (χ0) is 11.9. The molecule has 0 saturated carbocycles. The van der Waals surface area contributed by atoms with Gasteiger partial charge in [-0.3, -0.25) is 0 Å². The number of hydrogen-bond donors (Lipinski definition) is 1. The zero-order valence-electron chi connectivity index (χ0n) is 9.27. The molecule has 0 fully saturated rings. The van der Waals surface area contributed by atoms with Crippen molar-refractivity contribution in [3.05, 3.63) is 54.5 Å². The van der Waals surface area contributed by atoms with Crippen molar-refractivity contribution in [2.75, 3.05) is 18.5 Å². The first kappa shape index (κ1) is 11.4. The van der Waals surface area contributed by atoms with E-state index in [4.69, 9.17) is 4.74 Å². The van der Waals surface area contributed by atoms with Crippen LogP contribution in [0.25, 0.3) is 0 Å². The number of rotatable bonds is 5. The molecule has 0 atom stereocenters. The lowest BCUT2D eigenvalue weighted by Crippen LogP contribution is -2.12. The summed E-state index contributed by atoms with van der Waals surface area (Å²) in [6, 6.07) is 12.5. The lowest BCUT2D eigenvalue weighted by molar-refractivity contribution is 0.333. The number of anilines is 1. The average Bonchev–Trinajstić information content (AvgIpc) is 2.38. The highest BCUT2D eigenvalue weighted by Gasteiger charge is 1.95. The number of nitrogens with zero attached hydrogens (tertiary/aromatic N) is 1. The van der Waals surface area contributed by atoms with Gasteiger partial charge in [0, 0.05) is 0 Å². The first-order valence-corrected chi connectivity index (χ1v) is 5.38. The second kappa shape index (κ2) is 5.84. The standard InChI is InChI=1S/C13H13FN2O/c14-11-6-7-13(16-10-11)15-8-9-17-12-4-2-1-3-5-12/h1-7,10H,8-9H2,(H,15,16). The van der Waals surface area contributed by atoms with E-state index in [-0.39, 0.29) is 5.82 Å². The third-order valence-electron chi connectivity index (χ3n) is 2.15. The first-order valence-electron chi connectivity index (χ1n) is 5.38. The van der Waals surface area contributed by atoms with E-state index in [1.807, 2.05) is 30.3 Å². The van der Waals surface area contributed by atoms with Crippen molar-refractivity contribution in [1.29, 1.82) is 0 Å². The van der Waals surface area contributed by atoms with Crippen molar-refractivity contribution >= 4 is 5.82 Å². The van der Waals surface area contributed by atoms with Crippen molar-refractivity contribution in [3.8, 4) is 5.75 Å². The van der Waals surface area contributed by atoms with Gasteiger partial charge in [0.05, 0.1) is 12.7 Å². The van der Waals surface area contributed by atoms with Gasteiger partial charge in [0.2, 0.25) is 0 Å². The average molecular weight is 232 g/mol. The molecule has 0 aliphatic carbocycles. The minimum absolute atomic E-state index is 0.337. The number of nitrogens with one attached hydrogen (secondary N) is 1. The Hall–Kier alpha value is -2.10. The Kier molecular flexibility index (Phi) is 3.91. The fraction of sp³-hybridized carbons (Fsp3) is 0.154. The molecule has 0 radical (unpaired) electrons. The van der Waals surface area contributed by atoms with Crippen molar-refractivity contribution in [2.24, 2.45) is 0 Å². The van der Waals surface area contributed by atoms with Gasteiger partial charge in [-0.15, -0.1) is 0 Å². The van der Waals surface area contributed by atoms with E-state index >= 15 is 0 Å². The Morgan fingerprint density at radius 3 is 2.65 bits per heavy atom. The van der Waals surface area contributed by atoms with Gasteiger partial charge in [-0.25, -0.2) is 9.37 Å². The highest BCUT2D eigenvalue weighted by Crippen LogP contribution is 2.08.